The number of aliphatic imine (C=N–C) groups is 1. The number of allylic oxidation sites excluding steroid dienone is 6. The Kier molecular flexibility index (Phi) is 10.6. The van der Waals surface area contributed by atoms with Gasteiger partial charge in [0, 0.05) is 30.3 Å². The maximum absolute atomic E-state index is 11.9. The van der Waals surface area contributed by atoms with Gasteiger partial charge in [-0.1, -0.05) is 25.3 Å². The van der Waals surface area contributed by atoms with E-state index < -0.39 is 0 Å². The van der Waals surface area contributed by atoms with Crippen LogP contribution in [-0.4, -0.2) is 36.7 Å². The first-order valence-electron chi connectivity index (χ1n) is 11.6. The molecule has 0 aromatic heterocycles. The Morgan fingerprint density at radius 2 is 1.85 bits per heavy atom. The maximum atomic E-state index is 11.9. The molecule has 2 aliphatic rings. The third-order valence-corrected chi connectivity index (χ3v) is 5.66. The first-order valence-corrected chi connectivity index (χ1v) is 11.6. The highest BCUT2D eigenvalue weighted by Gasteiger charge is 2.24. The molecule has 1 aliphatic heterocycles. The average molecular weight is 448 g/mol. The molecule has 1 aromatic carbocycles. The number of ether oxygens (including phenoxy) is 1. The van der Waals surface area contributed by atoms with Crippen molar-refractivity contribution in [2.45, 2.75) is 39.5 Å². The van der Waals surface area contributed by atoms with Gasteiger partial charge in [-0.2, -0.15) is 0 Å². The lowest BCUT2D eigenvalue weighted by atomic mass is 9.92. The molecule has 0 atom stereocenters. The number of hydrogen-bond donors (Lipinski definition) is 1. The number of amides is 1. The molecule has 1 heterocycles. The summed E-state index contributed by atoms with van der Waals surface area (Å²) in [4.78, 5) is 18.7. The molecule has 33 heavy (non-hydrogen) atoms. The molecule has 0 radical (unpaired) electrons. The second-order valence-electron chi connectivity index (χ2n) is 7.97. The van der Waals surface area contributed by atoms with Gasteiger partial charge in [0.15, 0.2) is 0 Å². The summed E-state index contributed by atoms with van der Waals surface area (Å²) in [6, 6.07) is 8.03. The molecule has 3 rings (SSSR count). The molecule has 1 aliphatic carbocycles. The van der Waals surface area contributed by atoms with Crippen LogP contribution in [0.1, 0.15) is 45.1 Å². The minimum absolute atomic E-state index is 0.00777. The van der Waals surface area contributed by atoms with Gasteiger partial charge in [0.25, 0.3) is 0 Å². The second-order valence-corrected chi connectivity index (χ2v) is 7.97. The highest BCUT2D eigenvalue weighted by atomic mass is 16.5. The Morgan fingerprint density at radius 3 is 2.36 bits per heavy atom. The molecule has 1 amide bonds. The SMILES string of the molecule is C=CC(=O)N1CCC(/C(=C/C)N=C(C(=C)C)c2ccc(OC3=CCCC=C3)cc2)CC1.CN. The van der Waals surface area contributed by atoms with Gasteiger partial charge >= 0.3 is 0 Å². The van der Waals surface area contributed by atoms with E-state index in [9.17, 15) is 4.79 Å². The van der Waals surface area contributed by atoms with E-state index in [1.807, 2.05) is 49.1 Å². The molecular weight excluding hydrogens is 410 g/mol. The highest BCUT2D eigenvalue weighted by Crippen LogP contribution is 2.28. The average Bonchev–Trinajstić information content (AvgIpc) is 2.87. The quantitative estimate of drug-likeness (QED) is 0.439. The van der Waals surface area contributed by atoms with Crippen LogP contribution in [0, 0.1) is 5.92 Å². The van der Waals surface area contributed by atoms with Crippen molar-refractivity contribution < 1.29 is 9.53 Å². The van der Waals surface area contributed by atoms with Gasteiger partial charge < -0.3 is 15.4 Å². The third-order valence-electron chi connectivity index (χ3n) is 5.66. The van der Waals surface area contributed by atoms with Gasteiger partial charge in [-0.25, -0.2) is 0 Å². The zero-order valence-corrected chi connectivity index (χ0v) is 20.2. The van der Waals surface area contributed by atoms with Gasteiger partial charge in [0.1, 0.15) is 11.5 Å². The fraction of sp³-hybridized carbons (Fsp3) is 0.357. The third kappa shape index (κ3) is 7.43. The number of piperidine rings is 1. The van der Waals surface area contributed by atoms with Crippen molar-refractivity contribution in [2.75, 3.05) is 20.1 Å². The summed E-state index contributed by atoms with van der Waals surface area (Å²) in [6.07, 6.45) is 13.6. The van der Waals surface area contributed by atoms with Crippen molar-refractivity contribution in [1.29, 1.82) is 0 Å². The lowest BCUT2D eigenvalue weighted by Crippen LogP contribution is -2.37. The van der Waals surface area contributed by atoms with E-state index in [2.05, 4.69) is 37.1 Å². The van der Waals surface area contributed by atoms with Crippen molar-refractivity contribution in [2.24, 2.45) is 16.6 Å². The molecule has 1 aromatic rings. The van der Waals surface area contributed by atoms with E-state index in [0.717, 1.165) is 72.8 Å². The Hall–Kier alpha value is -3.18. The molecule has 2 N–H and O–H groups in total. The van der Waals surface area contributed by atoms with Crippen LogP contribution in [0.25, 0.3) is 0 Å². The number of likely N-dealkylation sites (tertiary alicyclic amines) is 1. The van der Waals surface area contributed by atoms with Crippen LogP contribution in [0.5, 0.6) is 5.75 Å². The van der Waals surface area contributed by atoms with Gasteiger partial charge in [-0.15, -0.1) is 0 Å². The number of carbonyl (C=O) groups excluding carboxylic acids is 1. The summed E-state index contributed by atoms with van der Waals surface area (Å²) in [5.41, 5.74) is 8.39. The van der Waals surface area contributed by atoms with Crippen molar-refractivity contribution in [1.82, 2.24) is 4.90 Å². The Morgan fingerprint density at radius 1 is 1.18 bits per heavy atom. The van der Waals surface area contributed by atoms with Crippen LogP contribution in [-0.2, 0) is 4.79 Å². The van der Waals surface area contributed by atoms with Crippen LogP contribution < -0.4 is 10.5 Å². The van der Waals surface area contributed by atoms with Crippen molar-refractivity contribution in [3.63, 3.8) is 0 Å². The van der Waals surface area contributed by atoms with Crippen LogP contribution in [0.2, 0.25) is 0 Å². The molecular formula is C28H37N3O2. The predicted octanol–water partition coefficient (Wildman–Crippen LogP) is 5.57. The molecule has 0 unspecified atom stereocenters. The normalized spacial score (nSPS) is 17.0. The minimum Gasteiger partial charge on any atom is -0.458 e. The van der Waals surface area contributed by atoms with E-state index in [-0.39, 0.29) is 5.91 Å². The topological polar surface area (TPSA) is 67.9 Å². The molecule has 5 nitrogen and oxygen atoms in total. The van der Waals surface area contributed by atoms with E-state index in [1.165, 1.54) is 13.1 Å². The van der Waals surface area contributed by atoms with Gasteiger partial charge in [0.05, 0.1) is 5.71 Å². The number of rotatable bonds is 7. The molecule has 1 saturated heterocycles. The van der Waals surface area contributed by atoms with Gasteiger partial charge in [0.2, 0.25) is 5.91 Å². The lowest BCUT2D eigenvalue weighted by molar-refractivity contribution is -0.127. The molecule has 0 spiro atoms. The van der Waals surface area contributed by atoms with Gasteiger partial charge in [-0.3, -0.25) is 9.79 Å². The van der Waals surface area contributed by atoms with Gasteiger partial charge in [-0.05, 0) is 94.6 Å². The molecule has 1 fully saturated rings. The number of hydrogen-bond acceptors (Lipinski definition) is 4. The summed E-state index contributed by atoms with van der Waals surface area (Å²) in [7, 11) is 1.50. The standard InChI is InChI=1S/C27H32N2O2.CH5N/c1-5-25(21-16-18-29(19-17-21)26(30)6-2)28-27(20(3)4)22-12-14-24(15-13-22)31-23-10-8-7-9-11-23;1-2/h5-6,8,10-15,21H,2-3,7,9,16-19H2,1,4H3;2H2,1H3/b25-5-,28-27?;. The lowest BCUT2D eigenvalue weighted by Gasteiger charge is -2.31. The Balaban J connectivity index is 0.00000187. The summed E-state index contributed by atoms with van der Waals surface area (Å²) in [5.74, 6) is 2.05. The summed E-state index contributed by atoms with van der Waals surface area (Å²) in [6.45, 7) is 13.2. The molecule has 0 saturated carbocycles. The predicted molar refractivity (Wildman–Crippen MR) is 138 cm³/mol. The van der Waals surface area contributed by atoms with Crippen LogP contribution in [0.4, 0.5) is 0 Å². The van der Waals surface area contributed by atoms with Crippen molar-refractivity contribution in [3.05, 3.63) is 90.4 Å². The fourth-order valence-corrected chi connectivity index (χ4v) is 3.93. The minimum atomic E-state index is 0.00777. The monoisotopic (exact) mass is 447 g/mol. The number of nitrogens with zero attached hydrogens (tertiary/aromatic N) is 2. The highest BCUT2D eigenvalue weighted by molar-refractivity contribution is 6.12. The van der Waals surface area contributed by atoms with Crippen molar-refractivity contribution >= 4 is 11.6 Å². The van der Waals surface area contributed by atoms with Crippen molar-refractivity contribution in [3.8, 4) is 5.75 Å². The molecule has 176 valence electrons. The zero-order chi connectivity index (χ0) is 24.2. The van der Waals surface area contributed by atoms with E-state index in [0.29, 0.717) is 5.92 Å². The first kappa shape index (κ1) is 26.1. The Labute approximate surface area is 198 Å². The summed E-state index contributed by atoms with van der Waals surface area (Å²) in [5, 5.41) is 0. The smallest absolute Gasteiger partial charge is 0.245 e. The van der Waals surface area contributed by atoms with Crippen LogP contribution in [0.3, 0.4) is 0 Å². The molecule has 5 heteroatoms. The maximum Gasteiger partial charge on any atom is 0.245 e. The van der Waals surface area contributed by atoms with Crippen LogP contribution >= 0.6 is 0 Å². The molecule has 0 bridgehead atoms. The van der Waals surface area contributed by atoms with E-state index >= 15 is 0 Å². The van der Waals surface area contributed by atoms with E-state index in [4.69, 9.17) is 9.73 Å². The van der Waals surface area contributed by atoms with Crippen LogP contribution in [0.15, 0.2) is 89.8 Å². The zero-order valence-electron chi connectivity index (χ0n) is 20.2. The second kappa shape index (κ2) is 13.4. The first-order chi connectivity index (χ1) is 16.0. The summed E-state index contributed by atoms with van der Waals surface area (Å²) >= 11 is 0. The largest absolute Gasteiger partial charge is 0.458 e. The summed E-state index contributed by atoms with van der Waals surface area (Å²) < 4.78 is 5.95. The Bertz CT molecular complexity index is 944. The fourth-order valence-electron chi connectivity index (χ4n) is 3.93. The number of carbonyl (C=O) groups is 1. The number of nitrogens with two attached hydrogens (primary N) is 1. The van der Waals surface area contributed by atoms with E-state index in [1.54, 1.807) is 0 Å². The number of benzene rings is 1.